The van der Waals surface area contributed by atoms with Gasteiger partial charge in [0.15, 0.2) is 5.78 Å². The summed E-state index contributed by atoms with van der Waals surface area (Å²) in [5.41, 5.74) is 0.581. The van der Waals surface area contributed by atoms with E-state index < -0.39 is 11.6 Å². The maximum atomic E-state index is 13.2. The lowest BCUT2D eigenvalue weighted by Crippen LogP contribution is -1.89. The number of benzene rings is 1. The Hall–Kier alpha value is -1.71. The number of nitrogens with one attached hydrogen (secondary N) is 1. The van der Waals surface area contributed by atoms with Crippen molar-refractivity contribution in [2.24, 2.45) is 0 Å². The lowest BCUT2D eigenvalue weighted by Gasteiger charge is -1.91. The maximum absolute atomic E-state index is 13.2. The van der Waals surface area contributed by atoms with Crippen molar-refractivity contribution in [1.29, 1.82) is 0 Å². The van der Waals surface area contributed by atoms with Gasteiger partial charge in [0, 0.05) is 18.4 Å². The summed E-state index contributed by atoms with van der Waals surface area (Å²) in [6.45, 7) is 1.36. The number of hydrogen-bond acceptors (Lipinski definition) is 1. The predicted octanol–water partition coefficient (Wildman–Crippen LogP) is 2.65. The maximum Gasteiger partial charge on any atom is 0.175 e. The Labute approximate surface area is 78.5 Å². The summed E-state index contributed by atoms with van der Waals surface area (Å²) in [4.78, 5) is 13.6. The molecule has 0 unspecified atom stereocenters. The van der Waals surface area contributed by atoms with Crippen molar-refractivity contribution in [3.05, 3.63) is 35.5 Å². The van der Waals surface area contributed by atoms with Crippen molar-refractivity contribution in [2.75, 3.05) is 0 Å². The zero-order chi connectivity index (χ0) is 10.3. The summed E-state index contributed by atoms with van der Waals surface area (Å²) in [7, 11) is 0. The molecule has 0 aliphatic rings. The topological polar surface area (TPSA) is 32.9 Å². The van der Waals surface area contributed by atoms with Crippen LogP contribution in [0.15, 0.2) is 18.2 Å². The number of aromatic amines is 1. The van der Waals surface area contributed by atoms with E-state index in [1.807, 2.05) is 0 Å². The van der Waals surface area contributed by atoms with Crippen LogP contribution in [-0.2, 0) is 0 Å². The molecule has 0 fully saturated rings. The summed E-state index contributed by atoms with van der Waals surface area (Å²) in [6.07, 6.45) is 0. The highest BCUT2D eigenvalue weighted by Crippen LogP contribution is 2.20. The molecule has 2 rings (SSSR count). The number of Topliss-reactive ketones (excluding diaryl/α,β-unsaturated/α-hetero) is 1. The average molecular weight is 195 g/mol. The number of hydrogen-bond donors (Lipinski definition) is 1. The number of carbonyl (C=O) groups is 1. The molecular formula is C10H7F2NO. The molecule has 0 radical (unpaired) electrons. The van der Waals surface area contributed by atoms with Crippen molar-refractivity contribution in [1.82, 2.24) is 4.98 Å². The third kappa shape index (κ3) is 1.28. The van der Waals surface area contributed by atoms with E-state index >= 15 is 0 Å². The van der Waals surface area contributed by atoms with Crippen molar-refractivity contribution in [2.45, 2.75) is 6.92 Å². The molecule has 0 aliphatic heterocycles. The number of H-pyrrole nitrogens is 1. The molecule has 0 bridgehead atoms. The third-order valence-electron chi connectivity index (χ3n) is 2.03. The van der Waals surface area contributed by atoms with E-state index in [0.29, 0.717) is 5.52 Å². The SMILES string of the molecule is CC(=O)c1cc2c(F)cc(F)cc2[nH]1. The van der Waals surface area contributed by atoms with Gasteiger partial charge in [0.2, 0.25) is 0 Å². The summed E-state index contributed by atoms with van der Waals surface area (Å²) >= 11 is 0. The molecule has 0 aliphatic carbocycles. The Bertz CT molecular complexity index is 516. The van der Waals surface area contributed by atoms with Crippen LogP contribution in [0.2, 0.25) is 0 Å². The first-order chi connectivity index (χ1) is 6.58. The average Bonchev–Trinajstić information content (AvgIpc) is 2.47. The van der Waals surface area contributed by atoms with Crippen LogP contribution in [0.25, 0.3) is 10.9 Å². The van der Waals surface area contributed by atoms with Gasteiger partial charge in [-0.3, -0.25) is 4.79 Å². The van der Waals surface area contributed by atoms with Crippen LogP contribution in [0.3, 0.4) is 0 Å². The van der Waals surface area contributed by atoms with Gasteiger partial charge in [-0.05, 0) is 12.1 Å². The van der Waals surface area contributed by atoms with Crippen LogP contribution in [0, 0.1) is 11.6 Å². The highest BCUT2D eigenvalue weighted by Gasteiger charge is 2.09. The summed E-state index contributed by atoms with van der Waals surface area (Å²) in [6, 6.07) is 3.33. The summed E-state index contributed by atoms with van der Waals surface area (Å²) in [5.74, 6) is -1.53. The van der Waals surface area contributed by atoms with E-state index in [1.54, 1.807) is 0 Å². The smallest absolute Gasteiger partial charge is 0.175 e. The molecule has 0 atom stereocenters. The van der Waals surface area contributed by atoms with Crippen LogP contribution in [-0.4, -0.2) is 10.8 Å². The second kappa shape index (κ2) is 2.90. The first kappa shape index (κ1) is 8.87. The van der Waals surface area contributed by atoms with Gasteiger partial charge < -0.3 is 4.98 Å². The van der Waals surface area contributed by atoms with Crippen LogP contribution in [0.1, 0.15) is 17.4 Å². The lowest BCUT2D eigenvalue weighted by atomic mass is 10.2. The molecule has 72 valence electrons. The minimum atomic E-state index is -0.663. The molecule has 1 heterocycles. The van der Waals surface area contributed by atoms with Crippen molar-refractivity contribution in [3.8, 4) is 0 Å². The van der Waals surface area contributed by atoms with E-state index in [9.17, 15) is 13.6 Å². The number of carbonyl (C=O) groups excluding carboxylic acids is 1. The second-order valence-corrected chi connectivity index (χ2v) is 3.09. The highest BCUT2D eigenvalue weighted by atomic mass is 19.1. The van der Waals surface area contributed by atoms with Crippen LogP contribution < -0.4 is 0 Å². The fraction of sp³-hybridized carbons (Fsp3) is 0.100. The fourth-order valence-corrected chi connectivity index (χ4v) is 1.35. The van der Waals surface area contributed by atoms with E-state index in [4.69, 9.17) is 0 Å². The van der Waals surface area contributed by atoms with E-state index in [-0.39, 0.29) is 16.9 Å². The van der Waals surface area contributed by atoms with Crippen molar-refractivity contribution >= 4 is 16.7 Å². The van der Waals surface area contributed by atoms with Gasteiger partial charge in [-0.1, -0.05) is 0 Å². The van der Waals surface area contributed by atoms with E-state index in [2.05, 4.69) is 4.98 Å². The monoisotopic (exact) mass is 195 g/mol. The summed E-state index contributed by atoms with van der Waals surface area (Å²) < 4.78 is 25.9. The molecule has 1 aromatic carbocycles. The first-order valence-corrected chi connectivity index (χ1v) is 4.06. The Kier molecular flexibility index (Phi) is 1.84. The van der Waals surface area contributed by atoms with Crippen LogP contribution in [0.4, 0.5) is 8.78 Å². The minimum Gasteiger partial charge on any atom is -0.352 e. The van der Waals surface area contributed by atoms with Gasteiger partial charge in [0.05, 0.1) is 11.2 Å². The normalized spacial score (nSPS) is 10.8. The van der Waals surface area contributed by atoms with E-state index in [0.717, 1.165) is 12.1 Å². The quantitative estimate of drug-likeness (QED) is 0.697. The lowest BCUT2D eigenvalue weighted by molar-refractivity contribution is 0.101. The number of fused-ring (bicyclic) bond motifs is 1. The number of rotatable bonds is 1. The summed E-state index contributed by atoms with van der Waals surface area (Å²) in [5, 5.41) is 0.233. The second-order valence-electron chi connectivity index (χ2n) is 3.09. The standard InChI is InChI=1S/C10H7F2NO/c1-5(14)9-4-7-8(12)2-6(11)3-10(7)13-9/h2-4,13H,1H3. The Morgan fingerprint density at radius 1 is 1.29 bits per heavy atom. The zero-order valence-corrected chi connectivity index (χ0v) is 7.40. The van der Waals surface area contributed by atoms with Crippen LogP contribution >= 0.6 is 0 Å². The highest BCUT2D eigenvalue weighted by molar-refractivity contribution is 5.98. The molecular weight excluding hydrogens is 188 g/mol. The van der Waals surface area contributed by atoms with Gasteiger partial charge in [-0.2, -0.15) is 0 Å². The molecule has 0 saturated carbocycles. The predicted molar refractivity (Wildman–Crippen MR) is 48.2 cm³/mol. The molecule has 0 amide bonds. The van der Waals surface area contributed by atoms with Gasteiger partial charge in [0.1, 0.15) is 11.6 Å². The molecule has 1 N–H and O–H groups in total. The van der Waals surface area contributed by atoms with Crippen molar-refractivity contribution in [3.63, 3.8) is 0 Å². The van der Waals surface area contributed by atoms with Gasteiger partial charge >= 0.3 is 0 Å². The molecule has 0 spiro atoms. The third-order valence-corrected chi connectivity index (χ3v) is 2.03. The Morgan fingerprint density at radius 2 is 2.00 bits per heavy atom. The Balaban J connectivity index is 2.76. The van der Waals surface area contributed by atoms with Crippen molar-refractivity contribution < 1.29 is 13.6 Å². The molecule has 1 aromatic heterocycles. The largest absolute Gasteiger partial charge is 0.352 e. The first-order valence-electron chi connectivity index (χ1n) is 4.06. The van der Waals surface area contributed by atoms with Crippen LogP contribution in [0.5, 0.6) is 0 Å². The number of halogens is 2. The van der Waals surface area contributed by atoms with Gasteiger partial charge in [-0.15, -0.1) is 0 Å². The van der Waals surface area contributed by atoms with Gasteiger partial charge in [0.25, 0.3) is 0 Å². The number of ketones is 1. The fourth-order valence-electron chi connectivity index (χ4n) is 1.35. The van der Waals surface area contributed by atoms with Gasteiger partial charge in [-0.25, -0.2) is 8.78 Å². The Morgan fingerprint density at radius 3 is 2.64 bits per heavy atom. The minimum absolute atomic E-state index is 0.207. The molecule has 14 heavy (non-hydrogen) atoms. The molecule has 0 saturated heterocycles. The molecule has 4 heteroatoms. The number of aromatic nitrogens is 1. The molecule has 2 nitrogen and oxygen atoms in total. The molecule has 2 aromatic rings. The zero-order valence-electron chi connectivity index (χ0n) is 7.40. The van der Waals surface area contributed by atoms with E-state index in [1.165, 1.54) is 13.0 Å².